The first-order valence-corrected chi connectivity index (χ1v) is 10.6. The van der Waals surface area contributed by atoms with Crippen molar-refractivity contribution in [1.82, 2.24) is 10.2 Å². The van der Waals surface area contributed by atoms with E-state index in [0.29, 0.717) is 19.4 Å². The summed E-state index contributed by atoms with van der Waals surface area (Å²) in [7, 11) is 0. The predicted molar refractivity (Wildman–Crippen MR) is 119 cm³/mol. The lowest BCUT2D eigenvalue weighted by Crippen LogP contribution is -2.51. The number of carbonyl (C=O) groups is 2. The molecule has 0 saturated heterocycles. The second-order valence-electron chi connectivity index (χ2n) is 7.85. The Kier molecular flexibility index (Phi) is 8.44. The van der Waals surface area contributed by atoms with Crippen LogP contribution in [0.15, 0.2) is 48.5 Å². The van der Waals surface area contributed by atoms with Crippen LogP contribution in [-0.2, 0) is 22.6 Å². The Morgan fingerprint density at radius 2 is 1.62 bits per heavy atom. The lowest BCUT2D eigenvalue weighted by Gasteiger charge is -2.31. The number of amides is 2. The van der Waals surface area contributed by atoms with Crippen molar-refractivity contribution < 1.29 is 9.59 Å². The minimum atomic E-state index is -0.484. The maximum Gasteiger partial charge on any atom is 0.243 e. The topological polar surface area (TPSA) is 49.4 Å². The lowest BCUT2D eigenvalue weighted by molar-refractivity contribution is -0.141. The quantitative estimate of drug-likeness (QED) is 0.677. The molecule has 2 aromatic rings. The summed E-state index contributed by atoms with van der Waals surface area (Å²) in [5.41, 5.74) is 4.30. The van der Waals surface area contributed by atoms with Gasteiger partial charge in [0, 0.05) is 12.6 Å². The van der Waals surface area contributed by atoms with Crippen molar-refractivity contribution in [3.8, 4) is 0 Å². The number of nitrogens with one attached hydrogen (secondary N) is 1. The van der Waals surface area contributed by atoms with Gasteiger partial charge in [-0.3, -0.25) is 9.59 Å². The fourth-order valence-corrected chi connectivity index (χ4v) is 3.32. The fourth-order valence-electron chi connectivity index (χ4n) is 3.32. The Morgan fingerprint density at radius 1 is 0.966 bits per heavy atom. The summed E-state index contributed by atoms with van der Waals surface area (Å²) < 4.78 is 0. The predicted octanol–water partition coefficient (Wildman–Crippen LogP) is 4.57. The summed E-state index contributed by atoms with van der Waals surface area (Å²) in [5, 5.41) is 3.05. The molecular weight excluding hydrogens is 360 g/mol. The van der Waals surface area contributed by atoms with Crippen molar-refractivity contribution in [1.29, 1.82) is 0 Å². The molecule has 2 amide bonds. The van der Waals surface area contributed by atoms with E-state index in [1.807, 2.05) is 83.1 Å². The van der Waals surface area contributed by atoms with Crippen molar-refractivity contribution >= 4 is 11.8 Å². The maximum atomic E-state index is 13.3. The highest BCUT2D eigenvalue weighted by Crippen LogP contribution is 2.17. The van der Waals surface area contributed by atoms with Crippen LogP contribution in [0.1, 0.15) is 55.9 Å². The van der Waals surface area contributed by atoms with Crippen LogP contribution in [0.2, 0.25) is 0 Å². The van der Waals surface area contributed by atoms with Gasteiger partial charge in [0.15, 0.2) is 0 Å². The van der Waals surface area contributed by atoms with Crippen LogP contribution in [0.5, 0.6) is 0 Å². The average Bonchev–Trinajstić information content (AvgIpc) is 2.70. The zero-order valence-corrected chi connectivity index (χ0v) is 18.4. The van der Waals surface area contributed by atoms with Gasteiger partial charge in [-0.05, 0) is 50.3 Å². The number of aryl methyl sites for hydroxylation is 2. The Labute approximate surface area is 175 Å². The Morgan fingerprint density at radius 3 is 2.21 bits per heavy atom. The van der Waals surface area contributed by atoms with Crippen LogP contribution >= 0.6 is 0 Å². The summed E-state index contributed by atoms with van der Waals surface area (Å²) in [6.07, 6.45) is 1.73. The van der Waals surface area contributed by atoms with Crippen molar-refractivity contribution in [3.63, 3.8) is 0 Å². The lowest BCUT2D eigenvalue weighted by atomic mass is 10.0. The van der Waals surface area contributed by atoms with Crippen molar-refractivity contribution in [2.75, 3.05) is 0 Å². The van der Waals surface area contributed by atoms with Crippen LogP contribution < -0.4 is 5.32 Å². The van der Waals surface area contributed by atoms with Gasteiger partial charge in [0.1, 0.15) is 6.04 Å². The maximum absolute atomic E-state index is 13.3. The standard InChI is InChI=1S/C25H34N2O2/c1-6-20(5)26-25(29)23(7-2)27(17-21-14-12-18(3)13-15-21)24(28)16-22-11-9-8-10-19(22)4/h8-15,20,23H,6-7,16-17H2,1-5H3,(H,26,29)/t20-,23+/m1/s1. The zero-order valence-electron chi connectivity index (χ0n) is 18.4. The van der Waals surface area contributed by atoms with Crippen LogP contribution in [-0.4, -0.2) is 28.8 Å². The van der Waals surface area contributed by atoms with Crippen molar-refractivity contribution in [3.05, 3.63) is 70.8 Å². The largest absolute Gasteiger partial charge is 0.352 e. The first kappa shape index (κ1) is 22.7. The second kappa shape index (κ2) is 10.8. The fraction of sp³-hybridized carbons (Fsp3) is 0.440. The third kappa shape index (κ3) is 6.45. The molecule has 0 bridgehead atoms. The molecule has 4 nitrogen and oxygen atoms in total. The molecule has 156 valence electrons. The van der Waals surface area contributed by atoms with Gasteiger partial charge in [0.05, 0.1) is 6.42 Å². The molecule has 2 atom stereocenters. The molecule has 4 heteroatoms. The van der Waals surface area contributed by atoms with E-state index in [2.05, 4.69) is 5.32 Å². The second-order valence-corrected chi connectivity index (χ2v) is 7.85. The summed E-state index contributed by atoms with van der Waals surface area (Å²) >= 11 is 0. The molecule has 0 heterocycles. The Balaban J connectivity index is 2.29. The summed E-state index contributed by atoms with van der Waals surface area (Å²) in [5.74, 6) is -0.0990. The van der Waals surface area contributed by atoms with Gasteiger partial charge in [-0.15, -0.1) is 0 Å². The molecule has 0 aliphatic rings. The van der Waals surface area contributed by atoms with Gasteiger partial charge < -0.3 is 10.2 Å². The molecule has 0 aliphatic carbocycles. The molecule has 0 fully saturated rings. The number of carbonyl (C=O) groups excluding carboxylic acids is 2. The molecule has 0 aromatic heterocycles. The van der Waals surface area contributed by atoms with Crippen LogP contribution in [0.25, 0.3) is 0 Å². The van der Waals surface area contributed by atoms with E-state index in [1.165, 1.54) is 5.56 Å². The van der Waals surface area contributed by atoms with Crippen LogP contribution in [0.3, 0.4) is 0 Å². The smallest absolute Gasteiger partial charge is 0.243 e. The van der Waals surface area contributed by atoms with Gasteiger partial charge >= 0.3 is 0 Å². The SMILES string of the molecule is CC[C@@H](C)NC(=O)[C@H](CC)N(Cc1ccc(C)cc1)C(=O)Cc1ccccc1C. The van der Waals surface area contributed by atoms with Gasteiger partial charge in [0.2, 0.25) is 11.8 Å². The summed E-state index contributed by atoms with van der Waals surface area (Å²) in [6.45, 7) is 10.5. The van der Waals surface area contributed by atoms with E-state index in [9.17, 15) is 9.59 Å². The monoisotopic (exact) mass is 394 g/mol. The zero-order chi connectivity index (χ0) is 21.4. The van der Waals surface area contributed by atoms with Gasteiger partial charge in [-0.25, -0.2) is 0 Å². The first-order chi connectivity index (χ1) is 13.8. The van der Waals surface area contributed by atoms with Crippen molar-refractivity contribution in [2.45, 2.75) is 72.5 Å². The first-order valence-electron chi connectivity index (χ1n) is 10.6. The third-order valence-corrected chi connectivity index (χ3v) is 5.46. The van der Waals surface area contributed by atoms with E-state index < -0.39 is 6.04 Å². The summed E-state index contributed by atoms with van der Waals surface area (Å²) in [4.78, 5) is 28.0. The van der Waals surface area contributed by atoms with E-state index in [4.69, 9.17) is 0 Å². The Bertz CT molecular complexity index is 814. The molecule has 0 spiro atoms. The molecule has 0 unspecified atom stereocenters. The number of nitrogens with zero attached hydrogens (tertiary/aromatic N) is 1. The highest BCUT2D eigenvalue weighted by Gasteiger charge is 2.29. The molecule has 0 aliphatic heterocycles. The minimum absolute atomic E-state index is 0.0222. The molecule has 29 heavy (non-hydrogen) atoms. The molecule has 0 radical (unpaired) electrons. The number of hydrogen-bond donors (Lipinski definition) is 1. The van der Waals surface area contributed by atoms with Crippen molar-refractivity contribution in [2.24, 2.45) is 0 Å². The Hall–Kier alpha value is -2.62. The molecule has 2 aromatic carbocycles. The van der Waals surface area contributed by atoms with E-state index >= 15 is 0 Å². The van der Waals surface area contributed by atoms with E-state index in [1.54, 1.807) is 4.90 Å². The highest BCUT2D eigenvalue weighted by molar-refractivity contribution is 5.88. The number of benzene rings is 2. The van der Waals surface area contributed by atoms with E-state index in [0.717, 1.165) is 23.1 Å². The number of hydrogen-bond acceptors (Lipinski definition) is 2. The average molecular weight is 395 g/mol. The van der Waals surface area contributed by atoms with Gasteiger partial charge in [-0.1, -0.05) is 67.9 Å². The molecule has 1 N–H and O–H groups in total. The third-order valence-electron chi connectivity index (χ3n) is 5.46. The van der Waals surface area contributed by atoms with Gasteiger partial charge in [0.25, 0.3) is 0 Å². The molecule has 0 saturated carbocycles. The van der Waals surface area contributed by atoms with Crippen LogP contribution in [0, 0.1) is 13.8 Å². The minimum Gasteiger partial charge on any atom is -0.352 e. The van der Waals surface area contributed by atoms with Crippen LogP contribution in [0.4, 0.5) is 0 Å². The molecular formula is C25H34N2O2. The summed E-state index contributed by atoms with van der Waals surface area (Å²) in [6, 6.07) is 15.7. The normalized spacial score (nSPS) is 12.9. The number of rotatable bonds is 9. The van der Waals surface area contributed by atoms with Gasteiger partial charge in [-0.2, -0.15) is 0 Å². The highest BCUT2D eigenvalue weighted by atomic mass is 16.2. The van der Waals surface area contributed by atoms with E-state index in [-0.39, 0.29) is 17.9 Å². The molecule has 2 rings (SSSR count).